The highest BCUT2D eigenvalue weighted by Crippen LogP contribution is 2.49. The topological polar surface area (TPSA) is 273 Å². The van der Waals surface area contributed by atoms with Crippen molar-refractivity contribution in [3.8, 4) is 0 Å². The molecule has 2 aliphatic heterocycles. The minimum Gasteiger partial charge on any atom is -0.372 e. The number of carbonyl (C=O) groups is 5. The van der Waals surface area contributed by atoms with Crippen LogP contribution in [0.15, 0.2) is 83.2 Å². The molecule has 0 radical (unpaired) electrons. The van der Waals surface area contributed by atoms with Crippen molar-refractivity contribution in [3.05, 3.63) is 94.4 Å². The number of benzene rings is 2. The van der Waals surface area contributed by atoms with Crippen molar-refractivity contribution < 1.29 is 63.8 Å². The molecule has 0 aromatic heterocycles. The van der Waals surface area contributed by atoms with Crippen LogP contribution in [0.25, 0.3) is 0 Å². The molecule has 3 amide bonds. The minimum absolute atomic E-state index is 0.0885. The standard InChI is InChI=1S/C50H71N9O12S3/c1-49(2)35-19-12-14-21-39(35)57(6)41(49)27-33-45(34(46(33)62)28-42-50(3,4)36-20-13-15-22-40(36)58(42)25-17-18-26-59(7,8)9)54-38(31-74(68,69)70)47(63)51-29-43(60)53-37(30-73(65,66)67)48(64)52-32-56(5)24-16-10-11-23-44(61)71-55-72/h12-15,19-22,27-28,37-38,55,72H,10-11,16-18,23-26,29-32H2,1-9H3,(H4-2,51,52,53,54,60,62,63,64,65,66,67,68,69,70)/p+2. The Hall–Kier alpha value is -5.47. The van der Waals surface area contributed by atoms with Gasteiger partial charge in [-0.15, -0.1) is 0 Å². The number of para-hydroxylation sites is 2. The van der Waals surface area contributed by atoms with Crippen molar-refractivity contribution >= 4 is 79.6 Å². The third kappa shape index (κ3) is 15.6. The van der Waals surface area contributed by atoms with Crippen LogP contribution in [0, 0.1) is 0 Å². The first-order valence-corrected chi connectivity index (χ1v) is 28.0. The molecule has 3 aliphatic rings. The van der Waals surface area contributed by atoms with Gasteiger partial charge >= 0.3 is 5.97 Å². The van der Waals surface area contributed by atoms with E-state index in [0.717, 1.165) is 57.8 Å². The van der Waals surface area contributed by atoms with Crippen LogP contribution in [-0.4, -0.2) is 167 Å². The Morgan fingerprint density at radius 1 is 0.838 bits per heavy atom. The molecular formula is C50H73N9O12S3+2. The fraction of sp³-hybridized carbons (Fsp3) is 0.520. The number of allylic oxidation sites excluding steroid dienone is 5. The summed E-state index contributed by atoms with van der Waals surface area (Å²) < 4.78 is 71.8. The van der Waals surface area contributed by atoms with Crippen molar-refractivity contribution in [2.75, 3.05) is 84.5 Å². The summed E-state index contributed by atoms with van der Waals surface area (Å²) >= 11 is 3.60. The summed E-state index contributed by atoms with van der Waals surface area (Å²) in [6.07, 6.45) is 7.22. The molecule has 1 aliphatic carbocycles. The number of carbonyl (C=O) groups excluding carboxylic acids is 5. The fourth-order valence-electron chi connectivity index (χ4n) is 9.46. The highest BCUT2D eigenvalue weighted by atomic mass is 32.2. The van der Waals surface area contributed by atoms with E-state index in [9.17, 15) is 49.9 Å². The van der Waals surface area contributed by atoms with Crippen LogP contribution >= 0.6 is 12.8 Å². The molecule has 0 spiro atoms. The van der Waals surface area contributed by atoms with E-state index in [2.05, 4.69) is 78.8 Å². The summed E-state index contributed by atoms with van der Waals surface area (Å²) in [6.45, 7) is 9.18. The van der Waals surface area contributed by atoms with Gasteiger partial charge in [0.1, 0.15) is 30.6 Å². The number of quaternary nitrogens is 1. The van der Waals surface area contributed by atoms with E-state index >= 15 is 0 Å². The highest BCUT2D eigenvalue weighted by Gasteiger charge is 2.47. The van der Waals surface area contributed by atoms with E-state index in [1.165, 1.54) is 0 Å². The molecule has 21 nitrogen and oxygen atoms in total. The molecule has 2 heterocycles. The second-order valence-corrected chi connectivity index (χ2v) is 24.2. The Labute approximate surface area is 440 Å². The van der Waals surface area contributed by atoms with Gasteiger partial charge in [-0.2, -0.15) is 21.4 Å². The van der Waals surface area contributed by atoms with Crippen molar-refractivity contribution in [1.29, 1.82) is 0 Å². The maximum Gasteiger partial charge on any atom is 0.325 e. The molecule has 2 unspecified atom stereocenters. The maximum absolute atomic E-state index is 14.7. The zero-order valence-corrected chi connectivity index (χ0v) is 46.2. The Bertz CT molecular complexity index is 2840. The van der Waals surface area contributed by atoms with E-state index in [1.807, 2.05) is 78.9 Å². The zero-order chi connectivity index (χ0) is 55.0. The van der Waals surface area contributed by atoms with Gasteiger partial charge in [-0.3, -0.25) is 38.0 Å². The van der Waals surface area contributed by atoms with E-state index < -0.39 is 84.9 Å². The molecule has 2 aromatic carbocycles. The van der Waals surface area contributed by atoms with Crippen LogP contribution in [0.3, 0.4) is 0 Å². The predicted octanol–water partition coefficient (Wildman–Crippen LogP) is 2.42. The van der Waals surface area contributed by atoms with Gasteiger partial charge in [-0.05, 0) is 70.8 Å². The van der Waals surface area contributed by atoms with Crippen LogP contribution in [0.2, 0.25) is 0 Å². The number of hydrogen-bond acceptors (Lipinski definition) is 15. The molecule has 406 valence electrons. The first kappa shape index (κ1) is 59.4. The van der Waals surface area contributed by atoms with Gasteiger partial charge in [-0.1, -0.05) is 74.4 Å². The lowest BCUT2D eigenvalue weighted by Crippen LogP contribution is -2.55. The van der Waals surface area contributed by atoms with Gasteiger partial charge in [0.15, 0.2) is 11.5 Å². The molecule has 0 bridgehead atoms. The first-order valence-electron chi connectivity index (χ1n) is 24.4. The van der Waals surface area contributed by atoms with Crippen LogP contribution in [-0.2, 0) is 59.9 Å². The molecule has 24 heteroatoms. The number of Topliss-reactive ketones (excluding diaryl/α,β-unsaturated/α-hetero) is 1. The van der Waals surface area contributed by atoms with Gasteiger partial charge in [-0.25, -0.2) is 0 Å². The lowest BCUT2D eigenvalue weighted by Gasteiger charge is -2.32. The molecule has 0 saturated heterocycles. The third-order valence-electron chi connectivity index (χ3n) is 13.4. The van der Waals surface area contributed by atoms with Crippen LogP contribution in [0.5, 0.6) is 0 Å². The number of fused-ring (bicyclic) bond motifs is 2. The highest BCUT2D eigenvalue weighted by molar-refractivity contribution is 7.86. The van der Waals surface area contributed by atoms with Gasteiger partial charge < -0.3 is 35.5 Å². The summed E-state index contributed by atoms with van der Waals surface area (Å²) in [6, 6.07) is 12.1. The second kappa shape index (κ2) is 24.5. The number of ketones is 1. The van der Waals surface area contributed by atoms with Crippen molar-refractivity contribution in [1.82, 2.24) is 31.1 Å². The van der Waals surface area contributed by atoms with Gasteiger partial charge in [0.05, 0.1) is 57.6 Å². The SMILES string of the molecule is CN(CCCCCC(=O)ONS)CNC(=O)C(CS(=O)(=O)O)NC(=O)CNC(=O)C(CS(=O)(=O)O)NC1=C(/C=C2/N(CCCC[N+](C)(C)C)c3ccccc3C2(C)C)C(=O)/C1=C\C1=[N+](C)c2ccccc2C1(C)C. The average Bonchev–Trinajstić information content (AvgIpc) is 3.64. The second-order valence-electron chi connectivity index (χ2n) is 21.0. The molecule has 74 heavy (non-hydrogen) atoms. The normalized spacial score (nSPS) is 18.0. The van der Waals surface area contributed by atoms with Crippen LogP contribution < -0.4 is 31.1 Å². The summed E-state index contributed by atoms with van der Waals surface area (Å²) in [5.41, 5.74) is 4.69. The number of anilines is 1. The number of nitrogens with zero attached hydrogens (tertiary/aromatic N) is 4. The van der Waals surface area contributed by atoms with Crippen molar-refractivity contribution in [2.24, 2.45) is 0 Å². The summed E-state index contributed by atoms with van der Waals surface area (Å²) in [7, 11) is 0.175. The van der Waals surface area contributed by atoms with Crippen molar-refractivity contribution in [2.45, 2.75) is 89.1 Å². The van der Waals surface area contributed by atoms with E-state index in [1.54, 1.807) is 24.1 Å². The van der Waals surface area contributed by atoms with E-state index in [-0.39, 0.29) is 35.7 Å². The van der Waals surface area contributed by atoms with Crippen molar-refractivity contribution in [3.63, 3.8) is 0 Å². The quantitative estimate of drug-likeness (QED) is 0.00933. The smallest absolute Gasteiger partial charge is 0.325 e. The predicted molar refractivity (Wildman–Crippen MR) is 284 cm³/mol. The molecule has 0 saturated carbocycles. The van der Waals surface area contributed by atoms with E-state index in [4.69, 9.17) is 0 Å². The molecular weight excluding hydrogens is 1010 g/mol. The van der Waals surface area contributed by atoms with Gasteiger partial charge in [0.2, 0.25) is 23.4 Å². The average molecular weight is 1090 g/mol. The molecule has 2 aromatic rings. The monoisotopic (exact) mass is 1090 g/mol. The lowest BCUT2D eigenvalue weighted by molar-refractivity contribution is -0.870. The summed E-state index contributed by atoms with van der Waals surface area (Å²) in [5, 5.41) is 9.97. The molecule has 5 rings (SSSR count). The van der Waals surface area contributed by atoms with Crippen LogP contribution in [0.1, 0.15) is 77.3 Å². The lowest BCUT2D eigenvalue weighted by atomic mass is 9.77. The number of hydrogen-bond donors (Lipinski definition) is 8. The number of nitrogens with one attached hydrogen (secondary N) is 5. The first-order chi connectivity index (χ1) is 34.4. The molecule has 7 N–H and O–H groups in total. The maximum atomic E-state index is 14.7. The van der Waals surface area contributed by atoms with E-state index in [0.29, 0.717) is 32.4 Å². The Kier molecular flexibility index (Phi) is 19.6. The number of thiol groups is 1. The number of rotatable bonds is 27. The third-order valence-corrected chi connectivity index (χ3v) is 15.0. The Morgan fingerprint density at radius 2 is 1.46 bits per heavy atom. The largest absolute Gasteiger partial charge is 0.372 e. The summed E-state index contributed by atoms with van der Waals surface area (Å²) in [5.74, 6) is -6.42. The molecule has 2 atom stereocenters. The van der Waals surface area contributed by atoms with Gasteiger partial charge in [0.25, 0.3) is 20.2 Å². The Balaban J connectivity index is 1.43. The summed E-state index contributed by atoms with van der Waals surface area (Å²) in [4.78, 5) is 77.2. The number of unbranched alkanes of at least 4 members (excludes halogenated alkanes) is 3. The number of amides is 3. The minimum atomic E-state index is -4.92. The van der Waals surface area contributed by atoms with Gasteiger partial charge in [0, 0.05) is 53.0 Å². The van der Waals surface area contributed by atoms with Crippen LogP contribution in [0.4, 0.5) is 11.4 Å². The molecule has 0 fully saturated rings. The Morgan fingerprint density at radius 3 is 2.09 bits per heavy atom. The fourth-order valence-corrected chi connectivity index (χ4v) is 10.9. The zero-order valence-electron chi connectivity index (χ0n) is 43.7.